The highest BCUT2D eigenvalue weighted by molar-refractivity contribution is 5.72. The van der Waals surface area contributed by atoms with Crippen molar-refractivity contribution in [3.8, 4) is 0 Å². The van der Waals surface area contributed by atoms with Crippen LogP contribution >= 0.6 is 0 Å². The second kappa shape index (κ2) is 9.47. The van der Waals surface area contributed by atoms with Crippen LogP contribution in [0.15, 0.2) is 0 Å². The van der Waals surface area contributed by atoms with E-state index >= 15 is 0 Å². The number of alkyl carbamates (subject to hydrolysis) is 2. The number of hydrogen-bond acceptors (Lipinski definition) is 4. The van der Waals surface area contributed by atoms with Crippen LogP contribution in [0.4, 0.5) is 9.59 Å². The third kappa shape index (κ3) is 6.88. The molecule has 0 aliphatic carbocycles. The van der Waals surface area contributed by atoms with E-state index < -0.39 is 17.8 Å². The summed E-state index contributed by atoms with van der Waals surface area (Å²) in [7, 11) is 2.61. The number of hydrogen-bond donors (Lipinski definition) is 2. The van der Waals surface area contributed by atoms with Crippen molar-refractivity contribution in [2.24, 2.45) is 0 Å². The highest BCUT2D eigenvalue weighted by Crippen LogP contribution is 2.19. The molecule has 0 heterocycles. The Morgan fingerprint density at radius 1 is 0.895 bits per heavy atom. The zero-order valence-electron chi connectivity index (χ0n) is 12.4. The first-order valence-corrected chi connectivity index (χ1v) is 6.75. The molecule has 0 radical (unpaired) electrons. The number of rotatable bonds is 8. The standard InChI is InChI=1S/C13H26N2O4/c1-5-7-9-13(10-8-6-2,14-11(16)18-3)15-12(17)19-4/h5-10H2,1-4H3,(H,14,16)(H,15,17). The molecule has 0 bridgehead atoms. The van der Waals surface area contributed by atoms with Gasteiger partial charge in [-0.1, -0.05) is 26.7 Å². The van der Waals surface area contributed by atoms with E-state index in [0.29, 0.717) is 12.8 Å². The minimum Gasteiger partial charge on any atom is -0.453 e. The maximum Gasteiger partial charge on any atom is 0.408 e. The molecule has 6 heteroatoms. The van der Waals surface area contributed by atoms with E-state index in [1.807, 2.05) is 0 Å². The van der Waals surface area contributed by atoms with Crippen LogP contribution in [0.1, 0.15) is 52.4 Å². The lowest BCUT2D eigenvalue weighted by Gasteiger charge is -2.34. The Bertz CT molecular complexity index is 254. The molecule has 0 saturated heterocycles. The molecule has 0 aliphatic heterocycles. The second-order valence-electron chi connectivity index (χ2n) is 4.52. The van der Waals surface area contributed by atoms with Gasteiger partial charge in [0.05, 0.1) is 14.2 Å². The maximum atomic E-state index is 11.5. The molecule has 0 saturated carbocycles. The molecule has 0 aromatic rings. The third-order valence-corrected chi connectivity index (χ3v) is 2.97. The van der Waals surface area contributed by atoms with Gasteiger partial charge in [0.1, 0.15) is 5.66 Å². The van der Waals surface area contributed by atoms with Gasteiger partial charge >= 0.3 is 12.2 Å². The van der Waals surface area contributed by atoms with Crippen LogP contribution in [0, 0.1) is 0 Å². The molecule has 19 heavy (non-hydrogen) atoms. The Kier molecular flexibility index (Phi) is 8.74. The fraction of sp³-hybridized carbons (Fsp3) is 0.846. The summed E-state index contributed by atoms with van der Waals surface area (Å²) in [4.78, 5) is 23.0. The molecule has 0 aromatic carbocycles. The van der Waals surface area contributed by atoms with E-state index in [4.69, 9.17) is 0 Å². The largest absolute Gasteiger partial charge is 0.453 e. The first kappa shape index (κ1) is 17.5. The summed E-state index contributed by atoms with van der Waals surface area (Å²) >= 11 is 0. The Labute approximate surface area is 115 Å². The number of carbonyl (C=O) groups excluding carboxylic acids is 2. The number of amides is 2. The van der Waals surface area contributed by atoms with Crippen LogP contribution in [-0.2, 0) is 9.47 Å². The van der Waals surface area contributed by atoms with Gasteiger partial charge in [-0.25, -0.2) is 9.59 Å². The maximum absolute atomic E-state index is 11.5. The zero-order chi connectivity index (χ0) is 14.7. The molecule has 6 nitrogen and oxygen atoms in total. The topological polar surface area (TPSA) is 76.7 Å². The normalized spacial score (nSPS) is 10.7. The fourth-order valence-corrected chi connectivity index (χ4v) is 1.86. The van der Waals surface area contributed by atoms with Gasteiger partial charge in [-0.05, 0) is 25.7 Å². The Balaban J connectivity index is 4.93. The van der Waals surface area contributed by atoms with Crippen molar-refractivity contribution in [2.75, 3.05) is 14.2 Å². The smallest absolute Gasteiger partial charge is 0.408 e. The van der Waals surface area contributed by atoms with Gasteiger partial charge in [0.15, 0.2) is 0 Å². The SMILES string of the molecule is CCCCC(CCCC)(NC(=O)OC)NC(=O)OC. The van der Waals surface area contributed by atoms with Gasteiger partial charge in [-0.15, -0.1) is 0 Å². The molecular formula is C13H26N2O4. The first-order valence-electron chi connectivity index (χ1n) is 6.75. The number of carbonyl (C=O) groups is 2. The average Bonchev–Trinajstić information content (AvgIpc) is 2.42. The molecule has 0 aliphatic rings. The summed E-state index contributed by atoms with van der Waals surface area (Å²) in [6.07, 6.45) is 3.91. The van der Waals surface area contributed by atoms with Crippen molar-refractivity contribution in [1.29, 1.82) is 0 Å². The van der Waals surface area contributed by atoms with Crippen LogP contribution in [0.2, 0.25) is 0 Å². The van der Waals surface area contributed by atoms with Gasteiger partial charge < -0.3 is 9.47 Å². The number of methoxy groups -OCH3 is 2. The third-order valence-electron chi connectivity index (χ3n) is 2.97. The van der Waals surface area contributed by atoms with Crippen LogP contribution in [0.3, 0.4) is 0 Å². The van der Waals surface area contributed by atoms with Crippen molar-refractivity contribution in [1.82, 2.24) is 10.6 Å². The summed E-state index contributed by atoms with van der Waals surface area (Å²) in [6, 6.07) is 0. The van der Waals surface area contributed by atoms with Gasteiger partial charge in [-0.3, -0.25) is 10.6 Å². The summed E-state index contributed by atoms with van der Waals surface area (Å²) in [5.74, 6) is 0. The van der Waals surface area contributed by atoms with Crippen molar-refractivity contribution >= 4 is 12.2 Å². The van der Waals surface area contributed by atoms with Crippen molar-refractivity contribution in [3.63, 3.8) is 0 Å². The van der Waals surface area contributed by atoms with Gasteiger partial charge in [0, 0.05) is 0 Å². The number of unbranched alkanes of at least 4 members (excludes halogenated alkanes) is 2. The average molecular weight is 274 g/mol. The second-order valence-corrected chi connectivity index (χ2v) is 4.52. The first-order chi connectivity index (χ1) is 9.03. The molecule has 0 unspecified atom stereocenters. The monoisotopic (exact) mass is 274 g/mol. The molecule has 2 amide bonds. The minimum absolute atomic E-state index is 0.552. The van der Waals surface area contributed by atoms with E-state index in [1.165, 1.54) is 14.2 Å². The van der Waals surface area contributed by atoms with Gasteiger partial charge in [0.25, 0.3) is 0 Å². The minimum atomic E-state index is -0.799. The van der Waals surface area contributed by atoms with Crippen LogP contribution in [0.5, 0.6) is 0 Å². The lowest BCUT2D eigenvalue weighted by Crippen LogP contribution is -2.60. The quantitative estimate of drug-likeness (QED) is 0.667. The number of nitrogens with one attached hydrogen (secondary N) is 2. The van der Waals surface area contributed by atoms with E-state index in [2.05, 4.69) is 34.0 Å². The molecule has 0 rings (SSSR count). The van der Waals surface area contributed by atoms with Crippen molar-refractivity contribution < 1.29 is 19.1 Å². The molecular weight excluding hydrogens is 248 g/mol. The number of ether oxygens (including phenoxy) is 2. The molecule has 0 aromatic heterocycles. The Morgan fingerprint density at radius 3 is 1.53 bits per heavy atom. The zero-order valence-corrected chi connectivity index (χ0v) is 12.4. The van der Waals surface area contributed by atoms with Gasteiger partial charge in [-0.2, -0.15) is 0 Å². The molecule has 0 spiro atoms. The lowest BCUT2D eigenvalue weighted by atomic mass is 9.96. The predicted molar refractivity (Wildman–Crippen MR) is 72.9 cm³/mol. The highest BCUT2D eigenvalue weighted by atomic mass is 16.5. The fourth-order valence-electron chi connectivity index (χ4n) is 1.86. The molecule has 0 atom stereocenters. The summed E-state index contributed by atoms with van der Waals surface area (Å²) in [6.45, 7) is 4.11. The summed E-state index contributed by atoms with van der Waals surface area (Å²) in [5.41, 5.74) is -0.799. The highest BCUT2D eigenvalue weighted by Gasteiger charge is 2.33. The van der Waals surface area contributed by atoms with E-state index in [-0.39, 0.29) is 0 Å². The Morgan fingerprint density at radius 2 is 1.26 bits per heavy atom. The molecule has 112 valence electrons. The van der Waals surface area contributed by atoms with Crippen LogP contribution < -0.4 is 10.6 Å². The molecule has 2 N–H and O–H groups in total. The van der Waals surface area contributed by atoms with Crippen LogP contribution in [-0.4, -0.2) is 32.1 Å². The van der Waals surface area contributed by atoms with Crippen LogP contribution in [0.25, 0.3) is 0 Å². The van der Waals surface area contributed by atoms with E-state index in [1.54, 1.807) is 0 Å². The van der Waals surface area contributed by atoms with E-state index in [0.717, 1.165) is 25.7 Å². The van der Waals surface area contributed by atoms with E-state index in [9.17, 15) is 9.59 Å². The van der Waals surface area contributed by atoms with Crippen molar-refractivity contribution in [3.05, 3.63) is 0 Å². The summed E-state index contributed by atoms with van der Waals surface area (Å²) < 4.78 is 9.28. The predicted octanol–water partition coefficient (Wildman–Crippen LogP) is 2.78. The van der Waals surface area contributed by atoms with Crippen molar-refractivity contribution in [2.45, 2.75) is 58.0 Å². The molecule has 0 fully saturated rings. The summed E-state index contributed by atoms with van der Waals surface area (Å²) in [5, 5.41) is 5.48. The Hall–Kier alpha value is -1.46. The van der Waals surface area contributed by atoms with Gasteiger partial charge in [0.2, 0.25) is 0 Å². The lowest BCUT2D eigenvalue weighted by molar-refractivity contribution is 0.121.